The van der Waals surface area contributed by atoms with Crippen molar-refractivity contribution in [1.29, 1.82) is 0 Å². The molecule has 1 saturated carbocycles. The van der Waals surface area contributed by atoms with E-state index < -0.39 is 0 Å². The van der Waals surface area contributed by atoms with Crippen molar-refractivity contribution in [3.05, 3.63) is 23.8 Å². The summed E-state index contributed by atoms with van der Waals surface area (Å²) in [4.78, 5) is 5.24. The highest BCUT2D eigenvalue weighted by Crippen LogP contribution is 2.47. The number of nitrogens with zero attached hydrogens (tertiary/aromatic N) is 2. The van der Waals surface area contributed by atoms with Crippen LogP contribution in [0.2, 0.25) is 0 Å². The van der Waals surface area contributed by atoms with Gasteiger partial charge in [-0.1, -0.05) is 12.5 Å². The molecule has 3 fully saturated rings. The standard InChI is InChI=1S/C22H34N2O3/c1-26-20-7-6-17(12-21(20)27-2)13-23-10-8-22(9-11-23)16-24(14-18(22)15-25)19-4-3-5-19/h6-7,12,18-19,25H,3-5,8-11,13-16H2,1-2H3. The third kappa shape index (κ3) is 3.69. The molecule has 5 heteroatoms. The molecular formula is C22H34N2O3. The van der Waals surface area contributed by atoms with E-state index in [4.69, 9.17) is 9.47 Å². The van der Waals surface area contributed by atoms with Crippen LogP contribution in [0.1, 0.15) is 37.7 Å². The third-order valence-corrected chi connectivity index (χ3v) is 7.36. The molecular weight excluding hydrogens is 340 g/mol. The number of benzene rings is 1. The maximum absolute atomic E-state index is 10.0. The number of hydrogen-bond acceptors (Lipinski definition) is 5. The van der Waals surface area contributed by atoms with E-state index in [1.807, 2.05) is 6.07 Å². The highest BCUT2D eigenvalue weighted by Gasteiger charge is 2.49. The molecule has 1 unspecified atom stereocenters. The van der Waals surface area contributed by atoms with Crippen molar-refractivity contribution >= 4 is 0 Å². The minimum absolute atomic E-state index is 0.332. The molecule has 1 atom stereocenters. The van der Waals surface area contributed by atoms with Gasteiger partial charge in [0, 0.05) is 38.2 Å². The van der Waals surface area contributed by atoms with Crippen molar-refractivity contribution in [2.24, 2.45) is 11.3 Å². The van der Waals surface area contributed by atoms with E-state index in [1.54, 1.807) is 14.2 Å². The Morgan fingerprint density at radius 1 is 1.11 bits per heavy atom. The Morgan fingerprint density at radius 3 is 2.44 bits per heavy atom. The summed E-state index contributed by atoms with van der Waals surface area (Å²) in [5, 5.41) is 10.0. The Hall–Kier alpha value is -1.30. The summed E-state index contributed by atoms with van der Waals surface area (Å²) in [5.41, 5.74) is 1.60. The first-order valence-electron chi connectivity index (χ1n) is 10.5. The Labute approximate surface area is 163 Å². The predicted octanol–water partition coefficient (Wildman–Crippen LogP) is 2.76. The Bertz CT molecular complexity index is 638. The summed E-state index contributed by atoms with van der Waals surface area (Å²) in [7, 11) is 3.36. The van der Waals surface area contributed by atoms with Gasteiger partial charge in [0.05, 0.1) is 14.2 Å². The second-order valence-corrected chi connectivity index (χ2v) is 8.72. The fourth-order valence-corrected chi connectivity index (χ4v) is 5.32. The molecule has 0 radical (unpaired) electrons. The number of aliphatic hydroxyl groups excluding tert-OH is 1. The lowest BCUT2D eigenvalue weighted by molar-refractivity contribution is 0.0454. The maximum atomic E-state index is 10.0. The molecule has 1 aromatic carbocycles. The number of methoxy groups -OCH3 is 2. The highest BCUT2D eigenvalue weighted by atomic mass is 16.5. The van der Waals surface area contributed by atoms with Gasteiger partial charge < -0.3 is 14.6 Å². The average molecular weight is 375 g/mol. The van der Waals surface area contributed by atoms with Crippen LogP contribution in [-0.2, 0) is 6.54 Å². The number of likely N-dealkylation sites (tertiary alicyclic amines) is 2. The summed E-state index contributed by atoms with van der Waals surface area (Å²) in [6.45, 7) is 5.84. The van der Waals surface area contributed by atoms with Crippen LogP contribution in [0, 0.1) is 11.3 Å². The fraction of sp³-hybridized carbons (Fsp3) is 0.727. The van der Waals surface area contributed by atoms with Gasteiger partial charge in [-0.2, -0.15) is 0 Å². The van der Waals surface area contributed by atoms with Crippen LogP contribution in [0.15, 0.2) is 18.2 Å². The Kier molecular flexibility index (Phi) is 5.62. The van der Waals surface area contributed by atoms with Crippen LogP contribution >= 0.6 is 0 Å². The van der Waals surface area contributed by atoms with Crippen LogP contribution in [0.3, 0.4) is 0 Å². The topological polar surface area (TPSA) is 45.2 Å². The molecule has 5 nitrogen and oxygen atoms in total. The van der Waals surface area contributed by atoms with Crippen molar-refractivity contribution in [2.45, 2.75) is 44.7 Å². The van der Waals surface area contributed by atoms with E-state index in [0.29, 0.717) is 17.9 Å². The molecule has 0 aromatic heterocycles. The van der Waals surface area contributed by atoms with Crippen LogP contribution in [0.5, 0.6) is 11.5 Å². The molecule has 2 saturated heterocycles. The van der Waals surface area contributed by atoms with Gasteiger partial charge in [-0.05, 0) is 61.9 Å². The molecule has 4 rings (SSSR count). The van der Waals surface area contributed by atoms with E-state index in [-0.39, 0.29) is 0 Å². The summed E-state index contributed by atoms with van der Waals surface area (Å²) in [6, 6.07) is 7.02. The number of hydrogen-bond donors (Lipinski definition) is 1. The van der Waals surface area contributed by atoms with Gasteiger partial charge in [0.1, 0.15) is 0 Å². The normalized spacial score (nSPS) is 26.3. The monoisotopic (exact) mass is 374 g/mol. The zero-order valence-electron chi connectivity index (χ0n) is 16.8. The summed E-state index contributed by atoms with van der Waals surface area (Å²) >= 11 is 0. The van der Waals surface area contributed by atoms with E-state index in [2.05, 4.69) is 21.9 Å². The molecule has 0 amide bonds. The second kappa shape index (κ2) is 7.98. The first-order chi connectivity index (χ1) is 13.2. The van der Waals surface area contributed by atoms with Gasteiger partial charge in [-0.3, -0.25) is 9.80 Å². The van der Waals surface area contributed by atoms with Crippen molar-refractivity contribution in [1.82, 2.24) is 9.80 Å². The lowest BCUT2D eigenvalue weighted by atomic mass is 9.71. The first kappa shape index (κ1) is 19.0. The minimum Gasteiger partial charge on any atom is -0.493 e. The maximum Gasteiger partial charge on any atom is 0.161 e. The van der Waals surface area contributed by atoms with Crippen molar-refractivity contribution in [3.8, 4) is 11.5 Å². The first-order valence-corrected chi connectivity index (χ1v) is 10.5. The smallest absolute Gasteiger partial charge is 0.161 e. The van der Waals surface area contributed by atoms with Crippen LogP contribution in [-0.4, -0.2) is 68.0 Å². The van der Waals surface area contributed by atoms with Gasteiger partial charge in [-0.25, -0.2) is 0 Å². The highest BCUT2D eigenvalue weighted by molar-refractivity contribution is 5.42. The summed E-state index contributed by atoms with van der Waals surface area (Å²) in [6.07, 6.45) is 6.51. The lowest BCUT2D eigenvalue weighted by Crippen LogP contribution is -2.45. The van der Waals surface area contributed by atoms with Crippen LogP contribution in [0.4, 0.5) is 0 Å². The second-order valence-electron chi connectivity index (χ2n) is 8.72. The van der Waals surface area contributed by atoms with E-state index in [1.165, 1.54) is 44.2 Å². The minimum atomic E-state index is 0.332. The number of ether oxygens (including phenoxy) is 2. The largest absolute Gasteiger partial charge is 0.493 e. The molecule has 1 aromatic rings. The third-order valence-electron chi connectivity index (χ3n) is 7.36. The van der Waals surface area contributed by atoms with Crippen molar-refractivity contribution in [3.63, 3.8) is 0 Å². The molecule has 0 bridgehead atoms. The molecule has 1 aliphatic carbocycles. The summed E-state index contributed by atoms with van der Waals surface area (Å²) < 4.78 is 10.8. The zero-order chi connectivity index (χ0) is 18.9. The Balaban J connectivity index is 1.37. The number of aliphatic hydroxyl groups is 1. The molecule has 2 heterocycles. The number of rotatable bonds is 6. The molecule has 27 heavy (non-hydrogen) atoms. The van der Waals surface area contributed by atoms with Gasteiger partial charge >= 0.3 is 0 Å². The molecule has 2 aliphatic heterocycles. The van der Waals surface area contributed by atoms with Gasteiger partial charge in [-0.15, -0.1) is 0 Å². The molecule has 150 valence electrons. The van der Waals surface area contributed by atoms with Gasteiger partial charge in [0.25, 0.3) is 0 Å². The van der Waals surface area contributed by atoms with E-state index in [0.717, 1.165) is 43.7 Å². The fourth-order valence-electron chi connectivity index (χ4n) is 5.32. The quantitative estimate of drug-likeness (QED) is 0.830. The van der Waals surface area contributed by atoms with Crippen molar-refractivity contribution < 1.29 is 14.6 Å². The lowest BCUT2D eigenvalue weighted by Gasteiger charge is -2.43. The predicted molar refractivity (Wildman–Crippen MR) is 106 cm³/mol. The van der Waals surface area contributed by atoms with Crippen molar-refractivity contribution in [2.75, 3.05) is 47.0 Å². The van der Waals surface area contributed by atoms with Gasteiger partial charge in [0.2, 0.25) is 0 Å². The summed E-state index contributed by atoms with van der Waals surface area (Å²) in [5.74, 6) is 2.05. The number of piperidine rings is 1. The van der Waals surface area contributed by atoms with Crippen LogP contribution in [0.25, 0.3) is 0 Å². The molecule has 1 N–H and O–H groups in total. The molecule has 1 spiro atoms. The molecule has 3 aliphatic rings. The van der Waals surface area contributed by atoms with Gasteiger partial charge in [0.15, 0.2) is 11.5 Å². The zero-order valence-corrected chi connectivity index (χ0v) is 16.8. The SMILES string of the molecule is COc1ccc(CN2CCC3(CC2)CN(C2CCC2)CC3CO)cc1OC. The van der Waals surface area contributed by atoms with Crippen LogP contribution < -0.4 is 9.47 Å². The van der Waals surface area contributed by atoms with E-state index >= 15 is 0 Å². The average Bonchev–Trinajstić information content (AvgIpc) is 2.99. The Morgan fingerprint density at radius 2 is 1.85 bits per heavy atom. The van der Waals surface area contributed by atoms with E-state index in [9.17, 15) is 5.11 Å².